The highest BCUT2D eigenvalue weighted by atomic mass is 35.5. The molecular formula is C17H12ClN3O. The van der Waals surface area contributed by atoms with Crippen LogP contribution in [0.15, 0.2) is 52.1 Å². The Kier molecular flexibility index (Phi) is 3.05. The number of hydrogen-bond donors (Lipinski definition) is 0. The first kappa shape index (κ1) is 13.2. The van der Waals surface area contributed by atoms with Crippen molar-refractivity contribution in [2.45, 2.75) is 13.5 Å². The lowest BCUT2D eigenvalue weighted by molar-refractivity contribution is 0.391. The monoisotopic (exact) mass is 309 g/mol. The summed E-state index contributed by atoms with van der Waals surface area (Å²) in [7, 11) is 0. The van der Waals surface area contributed by atoms with Gasteiger partial charge in [0.25, 0.3) is 0 Å². The maximum absolute atomic E-state index is 5.98. The average Bonchev–Trinajstić information content (AvgIpc) is 2.82. The van der Waals surface area contributed by atoms with Crippen LogP contribution in [-0.2, 0) is 6.54 Å². The molecule has 0 radical (unpaired) electrons. The van der Waals surface area contributed by atoms with Gasteiger partial charge in [-0.1, -0.05) is 28.9 Å². The number of rotatable bonds is 1. The minimum atomic E-state index is 0.473. The maximum atomic E-state index is 5.98. The zero-order chi connectivity index (χ0) is 15.1. The highest BCUT2D eigenvalue weighted by molar-refractivity contribution is 6.30. The predicted molar refractivity (Wildman–Crippen MR) is 85.3 cm³/mol. The second kappa shape index (κ2) is 5.07. The number of aryl methyl sites for hydroxylation is 1. The van der Waals surface area contributed by atoms with E-state index in [1.165, 1.54) is 0 Å². The lowest BCUT2D eigenvalue weighted by Crippen LogP contribution is -2.05. The van der Waals surface area contributed by atoms with Gasteiger partial charge in [0.2, 0.25) is 0 Å². The molecule has 0 aliphatic carbocycles. The smallest absolute Gasteiger partial charge is 0.143 e. The molecule has 0 saturated heterocycles. The van der Waals surface area contributed by atoms with Crippen LogP contribution < -0.4 is 0 Å². The van der Waals surface area contributed by atoms with Gasteiger partial charge in [0.1, 0.15) is 11.5 Å². The fraction of sp³-hybridized carbons (Fsp3) is 0.118. The molecule has 0 atom stereocenters. The molecule has 4 nitrogen and oxygen atoms in total. The molecule has 1 aliphatic heterocycles. The molecule has 4 rings (SSSR count). The maximum Gasteiger partial charge on any atom is 0.143 e. The molecule has 3 aromatic rings. The number of hydrogen-bond acceptors (Lipinski definition) is 4. The van der Waals surface area contributed by atoms with E-state index in [-0.39, 0.29) is 0 Å². The summed E-state index contributed by atoms with van der Waals surface area (Å²) in [6.07, 6.45) is 1.78. The van der Waals surface area contributed by atoms with Crippen LogP contribution in [-0.4, -0.2) is 15.9 Å². The third-order valence-electron chi connectivity index (χ3n) is 3.74. The van der Waals surface area contributed by atoms with Gasteiger partial charge in [0.15, 0.2) is 0 Å². The van der Waals surface area contributed by atoms with Crippen molar-refractivity contribution in [2.75, 3.05) is 0 Å². The minimum absolute atomic E-state index is 0.473. The molecule has 0 fully saturated rings. The quantitative estimate of drug-likeness (QED) is 0.681. The summed E-state index contributed by atoms with van der Waals surface area (Å²) in [6, 6.07) is 11.6. The summed E-state index contributed by atoms with van der Waals surface area (Å²) in [6.45, 7) is 2.37. The van der Waals surface area contributed by atoms with Crippen LogP contribution in [0.2, 0.25) is 5.02 Å². The van der Waals surface area contributed by atoms with Gasteiger partial charge in [0.05, 0.1) is 23.5 Å². The fourth-order valence-corrected chi connectivity index (χ4v) is 2.84. The van der Waals surface area contributed by atoms with E-state index in [1.807, 2.05) is 43.3 Å². The molecular weight excluding hydrogens is 298 g/mol. The van der Waals surface area contributed by atoms with Crippen molar-refractivity contribution in [3.63, 3.8) is 0 Å². The van der Waals surface area contributed by atoms with Gasteiger partial charge < -0.3 is 4.52 Å². The Labute approximate surface area is 132 Å². The second-order valence-corrected chi connectivity index (χ2v) is 5.57. The van der Waals surface area contributed by atoms with Crippen LogP contribution in [0.4, 0.5) is 0 Å². The van der Waals surface area contributed by atoms with Crippen LogP contribution in [0.5, 0.6) is 0 Å². The third kappa shape index (κ3) is 2.04. The van der Waals surface area contributed by atoms with E-state index in [1.54, 1.807) is 6.20 Å². The van der Waals surface area contributed by atoms with Crippen LogP contribution in [0.1, 0.15) is 22.6 Å². The summed E-state index contributed by atoms with van der Waals surface area (Å²) in [5.41, 5.74) is 5.53. The predicted octanol–water partition coefficient (Wildman–Crippen LogP) is 4.05. The Morgan fingerprint density at radius 2 is 1.95 bits per heavy atom. The van der Waals surface area contributed by atoms with Crippen molar-refractivity contribution >= 4 is 17.3 Å². The number of halogens is 1. The second-order valence-electron chi connectivity index (χ2n) is 5.13. The number of pyridine rings is 1. The first-order valence-electron chi connectivity index (χ1n) is 6.95. The molecule has 0 bridgehead atoms. The minimum Gasteiger partial charge on any atom is -0.361 e. The highest BCUT2D eigenvalue weighted by Gasteiger charge is 2.24. The van der Waals surface area contributed by atoms with Crippen molar-refractivity contribution in [1.29, 1.82) is 0 Å². The van der Waals surface area contributed by atoms with Gasteiger partial charge in [-0.2, -0.15) is 0 Å². The molecule has 5 heteroatoms. The SMILES string of the molecule is Cc1onc2c1-c1ncccc1C(c1ccc(Cl)cc1)=NC2. The summed E-state index contributed by atoms with van der Waals surface area (Å²) in [5.74, 6) is 0.766. The normalized spacial score (nSPS) is 13.1. The van der Waals surface area contributed by atoms with E-state index in [2.05, 4.69) is 10.1 Å². The summed E-state index contributed by atoms with van der Waals surface area (Å²) in [5, 5.41) is 4.82. The van der Waals surface area contributed by atoms with Crippen molar-refractivity contribution in [1.82, 2.24) is 10.1 Å². The molecule has 2 aromatic heterocycles. The van der Waals surface area contributed by atoms with Crippen molar-refractivity contribution in [3.05, 3.63) is 70.2 Å². The Balaban J connectivity index is 1.96. The molecule has 0 amide bonds. The Morgan fingerprint density at radius 3 is 2.77 bits per heavy atom. The van der Waals surface area contributed by atoms with Gasteiger partial charge in [-0.25, -0.2) is 0 Å². The lowest BCUT2D eigenvalue weighted by Gasteiger charge is -2.09. The zero-order valence-electron chi connectivity index (χ0n) is 11.9. The van der Waals surface area contributed by atoms with Gasteiger partial charge in [-0.3, -0.25) is 9.98 Å². The van der Waals surface area contributed by atoms with Crippen LogP contribution >= 0.6 is 11.6 Å². The first-order valence-corrected chi connectivity index (χ1v) is 7.33. The van der Waals surface area contributed by atoms with Gasteiger partial charge in [0, 0.05) is 22.3 Å². The fourth-order valence-electron chi connectivity index (χ4n) is 2.72. The van der Waals surface area contributed by atoms with E-state index < -0.39 is 0 Å². The van der Waals surface area contributed by atoms with Crippen molar-refractivity contribution in [2.24, 2.45) is 4.99 Å². The van der Waals surface area contributed by atoms with Gasteiger partial charge in [-0.05, 0) is 31.2 Å². The van der Waals surface area contributed by atoms with Gasteiger partial charge in [-0.15, -0.1) is 0 Å². The number of nitrogens with zero attached hydrogens (tertiary/aromatic N) is 3. The van der Waals surface area contributed by atoms with E-state index in [9.17, 15) is 0 Å². The Bertz CT molecular complexity index is 881. The Hall–Kier alpha value is -2.46. The molecule has 0 N–H and O–H groups in total. The molecule has 0 spiro atoms. The topological polar surface area (TPSA) is 51.3 Å². The largest absolute Gasteiger partial charge is 0.361 e. The average molecular weight is 310 g/mol. The molecule has 1 aromatic carbocycles. The third-order valence-corrected chi connectivity index (χ3v) is 3.99. The van der Waals surface area contributed by atoms with Crippen molar-refractivity contribution in [3.8, 4) is 11.3 Å². The summed E-state index contributed by atoms with van der Waals surface area (Å²) < 4.78 is 5.31. The van der Waals surface area contributed by atoms with E-state index in [0.29, 0.717) is 11.6 Å². The molecule has 1 aliphatic rings. The van der Waals surface area contributed by atoms with Crippen LogP contribution in [0, 0.1) is 6.92 Å². The lowest BCUT2D eigenvalue weighted by atomic mass is 9.98. The Morgan fingerprint density at radius 1 is 1.14 bits per heavy atom. The summed E-state index contributed by atoms with van der Waals surface area (Å²) in [4.78, 5) is 9.27. The number of benzene rings is 1. The number of fused-ring (bicyclic) bond motifs is 3. The molecule has 0 unspecified atom stereocenters. The van der Waals surface area contributed by atoms with Crippen LogP contribution in [0.3, 0.4) is 0 Å². The molecule has 108 valence electrons. The standard InChI is InChI=1S/C17H12ClN3O/c1-10-15-14(21-22-10)9-20-16(11-4-6-12(18)7-5-11)13-3-2-8-19-17(13)15/h2-8H,9H2,1H3. The first-order chi connectivity index (χ1) is 10.7. The molecule has 3 heterocycles. The van der Waals surface area contributed by atoms with Crippen LogP contribution in [0.25, 0.3) is 11.3 Å². The van der Waals surface area contributed by atoms with E-state index >= 15 is 0 Å². The summed E-state index contributed by atoms with van der Waals surface area (Å²) >= 11 is 5.98. The van der Waals surface area contributed by atoms with E-state index in [4.69, 9.17) is 21.1 Å². The van der Waals surface area contributed by atoms with Crippen molar-refractivity contribution < 1.29 is 4.52 Å². The molecule has 22 heavy (non-hydrogen) atoms. The van der Waals surface area contributed by atoms with Gasteiger partial charge >= 0.3 is 0 Å². The molecule has 0 saturated carbocycles. The number of aromatic nitrogens is 2. The highest BCUT2D eigenvalue weighted by Crippen LogP contribution is 2.33. The number of aliphatic imine (C=N–C) groups is 1. The zero-order valence-corrected chi connectivity index (χ0v) is 12.6. The van der Waals surface area contributed by atoms with E-state index in [0.717, 1.165) is 39.6 Å².